The summed E-state index contributed by atoms with van der Waals surface area (Å²) in [6.45, 7) is 7.77. The van der Waals surface area contributed by atoms with Crippen molar-refractivity contribution in [3.8, 4) is 0 Å². The summed E-state index contributed by atoms with van der Waals surface area (Å²) in [7, 11) is -3.40. The summed E-state index contributed by atoms with van der Waals surface area (Å²) >= 11 is 0. The lowest BCUT2D eigenvalue weighted by Crippen LogP contribution is -2.38. The number of carbonyl (C=O) groups is 1. The Labute approximate surface area is 196 Å². The molecule has 33 heavy (non-hydrogen) atoms. The highest BCUT2D eigenvalue weighted by Crippen LogP contribution is 2.29. The molecule has 2 aliphatic rings. The van der Waals surface area contributed by atoms with E-state index in [1.807, 2.05) is 11.8 Å². The number of nitrogens with zero attached hydrogens (tertiary/aromatic N) is 2. The van der Waals surface area contributed by atoms with Gasteiger partial charge >= 0.3 is 0 Å². The van der Waals surface area contributed by atoms with Gasteiger partial charge in [-0.05, 0) is 54.5 Å². The zero-order chi connectivity index (χ0) is 23.4. The van der Waals surface area contributed by atoms with E-state index in [0.29, 0.717) is 30.3 Å². The molecule has 8 heteroatoms. The summed E-state index contributed by atoms with van der Waals surface area (Å²) in [5.74, 6) is 0.401. The maximum Gasteiger partial charge on any atom is 0.253 e. The van der Waals surface area contributed by atoms with Crippen LogP contribution in [0.15, 0.2) is 42.5 Å². The molecule has 0 aromatic heterocycles. The third-order valence-electron chi connectivity index (χ3n) is 6.52. The molecule has 178 valence electrons. The second-order valence-electron chi connectivity index (χ2n) is 9.10. The number of anilines is 1. The molecule has 0 unspecified atom stereocenters. The smallest absolute Gasteiger partial charge is 0.253 e. The molecule has 2 aliphatic heterocycles. The average molecular weight is 472 g/mol. The molecule has 1 amide bonds. The van der Waals surface area contributed by atoms with Crippen molar-refractivity contribution >= 4 is 21.6 Å². The average Bonchev–Trinajstić information content (AvgIpc) is 2.80. The topological polar surface area (TPSA) is 79.0 Å². The van der Waals surface area contributed by atoms with Gasteiger partial charge in [0.1, 0.15) is 0 Å². The summed E-state index contributed by atoms with van der Waals surface area (Å²) in [4.78, 5) is 17.3. The van der Waals surface area contributed by atoms with Crippen molar-refractivity contribution in [2.24, 2.45) is 0 Å². The van der Waals surface area contributed by atoms with Crippen LogP contribution in [0.3, 0.4) is 0 Å². The van der Waals surface area contributed by atoms with E-state index >= 15 is 0 Å². The Balaban J connectivity index is 1.34. The molecule has 2 fully saturated rings. The Morgan fingerprint density at radius 3 is 2.33 bits per heavy atom. The van der Waals surface area contributed by atoms with Gasteiger partial charge in [-0.1, -0.05) is 30.3 Å². The highest BCUT2D eigenvalue weighted by molar-refractivity contribution is 7.92. The summed E-state index contributed by atoms with van der Waals surface area (Å²) in [6, 6.07) is 14.1. The van der Waals surface area contributed by atoms with Crippen LogP contribution in [0, 0.1) is 6.92 Å². The van der Waals surface area contributed by atoms with E-state index in [-0.39, 0.29) is 5.91 Å². The number of rotatable bonds is 6. The molecule has 2 saturated heterocycles. The van der Waals surface area contributed by atoms with Crippen LogP contribution in [0.4, 0.5) is 5.69 Å². The van der Waals surface area contributed by atoms with Gasteiger partial charge in [-0.2, -0.15) is 0 Å². The minimum Gasteiger partial charge on any atom is -0.379 e. The van der Waals surface area contributed by atoms with Crippen LogP contribution in [0.25, 0.3) is 0 Å². The van der Waals surface area contributed by atoms with E-state index in [9.17, 15) is 13.2 Å². The second-order valence-corrected chi connectivity index (χ2v) is 10.8. The van der Waals surface area contributed by atoms with Crippen molar-refractivity contribution in [3.63, 3.8) is 0 Å². The fraction of sp³-hybridized carbons (Fsp3) is 0.480. The molecule has 7 nitrogen and oxygen atoms in total. The second kappa shape index (κ2) is 10.2. The summed E-state index contributed by atoms with van der Waals surface area (Å²) in [5.41, 5.74) is 4.41. The van der Waals surface area contributed by atoms with Crippen LogP contribution in [0.2, 0.25) is 0 Å². The zero-order valence-corrected chi connectivity index (χ0v) is 20.2. The fourth-order valence-electron chi connectivity index (χ4n) is 4.58. The van der Waals surface area contributed by atoms with Crippen molar-refractivity contribution in [1.29, 1.82) is 0 Å². The molecule has 4 rings (SSSR count). The predicted molar refractivity (Wildman–Crippen MR) is 130 cm³/mol. The highest BCUT2D eigenvalue weighted by atomic mass is 32.2. The molecule has 2 aromatic rings. The standard InChI is InChI=1S/C25H33N3O4S/c1-19-3-6-23(17-24(19)26-33(2,30)31)25(29)28-11-9-22(10-12-28)21-7-4-20(5-8-21)18-27-13-15-32-16-14-27/h3-8,17,22,26H,9-16,18H2,1-2H3. The number of ether oxygens (including phenoxy) is 1. The molecule has 0 aliphatic carbocycles. The largest absolute Gasteiger partial charge is 0.379 e. The van der Waals surface area contributed by atoms with Crippen LogP contribution in [-0.2, 0) is 21.3 Å². The van der Waals surface area contributed by atoms with Crippen LogP contribution in [-0.4, -0.2) is 69.8 Å². The van der Waals surface area contributed by atoms with Gasteiger partial charge < -0.3 is 9.64 Å². The van der Waals surface area contributed by atoms with Gasteiger partial charge in [-0.3, -0.25) is 14.4 Å². The van der Waals surface area contributed by atoms with Gasteiger partial charge in [-0.15, -0.1) is 0 Å². The van der Waals surface area contributed by atoms with Crippen molar-refractivity contribution in [2.45, 2.75) is 32.2 Å². The van der Waals surface area contributed by atoms with E-state index in [0.717, 1.165) is 57.5 Å². The molecule has 0 spiro atoms. The summed E-state index contributed by atoms with van der Waals surface area (Å²) in [5, 5.41) is 0. The Bertz CT molecular complexity index is 1070. The fourth-order valence-corrected chi connectivity index (χ4v) is 5.20. The molecule has 2 heterocycles. The Morgan fingerprint density at radius 2 is 1.70 bits per heavy atom. The number of carbonyl (C=O) groups excluding carboxylic acids is 1. The lowest BCUT2D eigenvalue weighted by Gasteiger charge is -2.32. The Kier molecular flexibility index (Phi) is 7.36. The lowest BCUT2D eigenvalue weighted by atomic mass is 9.88. The van der Waals surface area contributed by atoms with Crippen LogP contribution in [0.1, 0.15) is 45.8 Å². The van der Waals surface area contributed by atoms with Gasteiger partial charge in [0.2, 0.25) is 10.0 Å². The SMILES string of the molecule is Cc1ccc(C(=O)N2CCC(c3ccc(CN4CCOCC4)cc3)CC2)cc1NS(C)(=O)=O. The maximum atomic E-state index is 13.0. The first-order valence-corrected chi connectivity index (χ1v) is 13.4. The van der Waals surface area contributed by atoms with E-state index in [4.69, 9.17) is 4.74 Å². The first-order valence-electron chi connectivity index (χ1n) is 11.6. The number of benzene rings is 2. The number of sulfonamides is 1. The van der Waals surface area contributed by atoms with Crippen LogP contribution < -0.4 is 4.72 Å². The summed E-state index contributed by atoms with van der Waals surface area (Å²) in [6.07, 6.45) is 2.96. The Morgan fingerprint density at radius 1 is 1.03 bits per heavy atom. The van der Waals surface area contributed by atoms with Crippen molar-refractivity contribution in [2.75, 3.05) is 50.4 Å². The third kappa shape index (κ3) is 6.34. The molecule has 2 aromatic carbocycles. The number of nitrogens with one attached hydrogen (secondary N) is 1. The van der Waals surface area contributed by atoms with Crippen LogP contribution in [0.5, 0.6) is 0 Å². The molecule has 0 radical (unpaired) electrons. The first-order chi connectivity index (χ1) is 15.8. The minimum atomic E-state index is -3.40. The van der Waals surface area contributed by atoms with E-state index in [1.165, 1.54) is 11.1 Å². The molecular formula is C25H33N3O4S. The zero-order valence-electron chi connectivity index (χ0n) is 19.4. The van der Waals surface area contributed by atoms with Gasteiger partial charge in [0.25, 0.3) is 5.91 Å². The van der Waals surface area contributed by atoms with E-state index < -0.39 is 10.0 Å². The molecule has 1 N–H and O–H groups in total. The van der Waals surface area contributed by atoms with E-state index in [1.54, 1.807) is 18.2 Å². The number of hydrogen-bond acceptors (Lipinski definition) is 5. The normalized spacial score (nSPS) is 18.3. The lowest BCUT2D eigenvalue weighted by molar-refractivity contribution is 0.0342. The molecule has 0 bridgehead atoms. The molecule has 0 saturated carbocycles. The number of morpholine rings is 1. The van der Waals surface area contributed by atoms with Gasteiger partial charge in [0.15, 0.2) is 0 Å². The quantitative estimate of drug-likeness (QED) is 0.700. The van der Waals surface area contributed by atoms with Crippen molar-refractivity contribution in [1.82, 2.24) is 9.80 Å². The highest BCUT2D eigenvalue weighted by Gasteiger charge is 2.25. The van der Waals surface area contributed by atoms with Gasteiger partial charge in [0.05, 0.1) is 25.2 Å². The van der Waals surface area contributed by atoms with Gasteiger partial charge in [0, 0.05) is 38.3 Å². The number of likely N-dealkylation sites (tertiary alicyclic amines) is 1. The monoisotopic (exact) mass is 471 g/mol. The minimum absolute atomic E-state index is 0.0501. The van der Waals surface area contributed by atoms with Crippen molar-refractivity contribution in [3.05, 3.63) is 64.7 Å². The number of amides is 1. The molecular weight excluding hydrogens is 438 g/mol. The third-order valence-corrected chi connectivity index (χ3v) is 7.11. The number of piperidine rings is 1. The van der Waals surface area contributed by atoms with E-state index in [2.05, 4.69) is 33.9 Å². The van der Waals surface area contributed by atoms with Crippen molar-refractivity contribution < 1.29 is 17.9 Å². The first kappa shape index (κ1) is 23.7. The maximum absolute atomic E-state index is 13.0. The number of aryl methyl sites for hydroxylation is 1. The molecule has 0 atom stereocenters. The van der Waals surface area contributed by atoms with Gasteiger partial charge in [-0.25, -0.2) is 8.42 Å². The summed E-state index contributed by atoms with van der Waals surface area (Å²) < 4.78 is 31.1. The predicted octanol–water partition coefficient (Wildman–Crippen LogP) is 3.22. The Hall–Kier alpha value is -2.42. The van der Waals surface area contributed by atoms with Crippen LogP contribution >= 0.6 is 0 Å². The number of hydrogen-bond donors (Lipinski definition) is 1.